The second-order valence-electron chi connectivity index (χ2n) is 30.2. The Balaban J connectivity index is 2.44. The van der Waals surface area contributed by atoms with Crippen molar-refractivity contribution in [2.45, 2.75) is 227 Å². The minimum atomic E-state index is -1.92. The number of amides is 17. The average Bonchev–Trinajstić information content (AvgIpc) is 0.915. The summed E-state index contributed by atoms with van der Waals surface area (Å²) in [7, 11) is 0. The Hall–Kier alpha value is -13.1. The van der Waals surface area contributed by atoms with Crippen LogP contribution in [0.15, 0.2) is 30.3 Å². The van der Waals surface area contributed by atoms with Crippen molar-refractivity contribution < 1.29 is 127 Å². The summed E-state index contributed by atoms with van der Waals surface area (Å²) < 4.78 is 0. The van der Waals surface area contributed by atoms with Gasteiger partial charge in [0, 0.05) is 32.4 Å². The smallest absolute Gasteiger partial charge is 0.328 e. The molecule has 1 aromatic carbocycles. The Morgan fingerprint density at radius 2 is 0.766 bits per heavy atom. The maximum Gasteiger partial charge on any atom is 0.328 e. The SMILES string of the molecule is CC(C)C[C@H](NC(=O)[C@H](CCCNC(=N)N)NC(=O)CNC(=O)[C@H](CO)NC(=O)[C@H](Cc1ccccc1)NC(=O)[C@H](CCC(N)=O)NC(=O)[C@H](CCCCN)NC(=O)[C@H](CCCNC(=N)N)NC(=O)[C@H](CCC(=O)O)NC(=O)CNC(=O)[C@H](CC(=O)O)NC(=O)[C@H](CO)NC(=O)[C@@H]1CCCN1)C(=O)N[C@@H](C)C(=O)NCC(=O)N[C@@H](CCCCN)C(=O)N[C@@H](CO)C(=O)O. The number of aliphatic hydroxyl groups is 3. The van der Waals surface area contributed by atoms with Crippen LogP contribution in [0.1, 0.15) is 142 Å². The van der Waals surface area contributed by atoms with Gasteiger partial charge in [0.1, 0.15) is 78.5 Å². The molecule has 1 heterocycles. The number of rotatable bonds is 64. The Labute approximate surface area is 735 Å². The number of carbonyl (C=O) groups is 20. The molecule has 14 atom stereocenters. The third kappa shape index (κ3) is 45.2. The zero-order chi connectivity index (χ0) is 96.1. The lowest BCUT2D eigenvalue weighted by Crippen LogP contribution is -2.60. The molecule has 128 heavy (non-hydrogen) atoms. The molecule has 1 aliphatic heterocycles. The summed E-state index contributed by atoms with van der Waals surface area (Å²) in [4.78, 5) is 267. The standard InChI is InChI=1S/C76H126N26O26/c1-39(2)30-49(71(124)90-40(3)61(114)87-33-56(107)91-43(16-7-9-25-77)66(119)102-54(38-105)74(127)128)97-65(118)44(19-12-28-85-75(80)81)92-57(108)35-89-63(116)52(36-103)100-72(125)50(31-41-14-5-4-6-15-41)98-70(123)48(21-23-55(79)106)96-67(120)45(17-8-10-26-78)94-68(121)46(20-13-29-86-76(82)83)95-69(122)47(22-24-59(110)111)93-58(109)34-88-62(115)51(32-60(112)113)99-73(126)53(37-104)101-64(117)42-18-11-27-84-42/h4-6,14-15,39-40,42-54,84,103-105H,7-13,16-38,77-78H2,1-3H3,(H2,79,106)(H,87,114)(H,88,115)(H,89,116)(H,90,124)(H,91,107)(H,92,108)(H,93,109)(H,94,121)(H,95,122)(H,96,120)(H,97,118)(H,98,123)(H,99,126)(H,100,125)(H,101,117)(H,102,119)(H,110,111)(H,112,113)(H,127,128)(H4,80,81,85)(H4,82,83,86)/t40-,42-,43-,44-,45-,46-,47-,48-,49-,50-,51-,52-,53-,54-/m0/s1. The van der Waals surface area contributed by atoms with Gasteiger partial charge in [-0.25, -0.2) is 4.79 Å². The molecule has 1 saturated heterocycles. The fourth-order valence-corrected chi connectivity index (χ4v) is 12.3. The van der Waals surface area contributed by atoms with Crippen molar-refractivity contribution in [3.05, 3.63) is 35.9 Å². The third-order valence-electron chi connectivity index (χ3n) is 19.1. The summed E-state index contributed by atoms with van der Waals surface area (Å²) >= 11 is 0. The number of nitrogens with one attached hydrogen (secondary N) is 21. The van der Waals surface area contributed by atoms with E-state index in [4.69, 9.17) is 39.5 Å². The highest BCUT2D eigenvalue weighted by molar-refractivity contribution is 6.01. The van der Waals surface area contributed by atoms with Gasteiger partial charge in [0.05, 0.1) is 51.9 Å². The van der Waals surface area contributed by atoms with Gasteiger partial charge in [0.25, 0.3) is 0 Å². The minimum absolute atomic E-state index is 0.00259. The highest BCUT2D eigenvalue weighted by Gasteiger charge is 2.38. The van der Waals surface area contributed by atoms with Crippen LogP contribution in [0.4, 0.5) is 0 Å². The molecule has 1 fully saturated rings. The molecule has 716 valence electrons. The maximum atomic E-state index is 14.6. The Bertz CT molecular complexity index is 3940. The number of carbonyl (C=O) groups excluding carboxylic acids is 17. The van der Waals surface area contributed by atoms with Crippen LogP contribution in [0.25, 0.3) is 0 Å². The fraction of sp³-hybridized carbons (Fsp3) is 0.632. The van der Waals surface area contributed by atoms with Crippen LogP contribution in [0.3, 0.4) is 0 Å². The first-order chi connectivity index (χ1) is 60.6. The lowest BCUT2D eigenvalue weighted by Gasteiger charge is -2.28. The van der Waals surface area contributed by atoms with E-state index in [9.17, 15) is 127 Å². The molecule has 0 aromatic heterocycles. The van der Waals surface area contributed by atoms with E-state index in [0.29, 0.717) is 37.8 Å². The molecule has 0 spiro atoms. The van der Waals surface area contributed by atoms with Crippen molar-refractivity contribution >= 4 is 130 Å². The zero-order valence-corrected chi connectivity index (χ0v) is 71.5. The summed E-state index contributed by atoms with van der Waals surface area (Å²) in [6.45, 7) is -0.506. The van der Waals surface area contributed by atoms with Crippen LogP contribution >= 0.6 is 0 Å². The van der Waals surface area contributed by atoms with E-state index in [1.165, 1.54) is 6.92 Å². The van der Waals surface area contributed by atoms with Gasteiger partial charge in [-0.2, -0.15) is 0 Å². The number of unbranched alkanes of at least 4 members (excludes halogenated alkanes) is 2. The number of hydrogen-bond acceptors (Lipinski definition) is 28. The minimum Gasteiger partial charge on any atom is -0.481 e. The van der Waals surface area contributed by atoms with Gasteiger partial charge >= 0.3 is 17.9 Å². The molecular weight excluding hydrogens is 1690 g/mol. The van der Waals surface area contributed by atoms with Crippen molar-refractivity contribution in [2.75, 3.05) is 72.2 Å². The number of aliphatic carboxylic acids is 3. The molecule has 37 N–H and O–H groups in total. The lowest BCUT2D eigenvalue weighted by molar-refractivity contribution is -0.143. The summed E-state index contributed by atoms with van der Waals surface area (Å²) in [6.07, 6.45) is -2.86. The quantitative estimate of drug-likeness (QED) is 0.0164. The Kier molecular flexibility index (Phi) is 52.5. The van der Waals surface area contributed by atoms with Crippen LogP contribution in [0.5, 0.6) is 0 Å². The topological polar surface area (TPSA) is 869 Å². The van der Waals surface area contributed by atoms with E-state index in [1.807, 2.05) is 0 Å². The Morgan fingerprint density at radius 1 is 0.398 bits per heavy atom. The number of benzene rings is 1. The van der Waals surface area contributed by atoms with Gasteiger partial charge in [-0.3, -0.25) is 102 Å². The number of guanidine groups is 2. The lowest BCUT2D eigenvalue weighted by atomic mass is 10.0. The van der Waals surface area contributed by atoms with E-state index in [-0.39, 0.29) is 96.3 Å². The fourth-order valence-electron chi connectivity index (χ4n) is 12.3. The van der Waals surface area contributed by atoms with Crippen LogP contribution in [-0.2, 0) is 102 Å². The van der Waals surface area contributed by atoms with Crippen molar-refractivity contribution in [2.24, 2.45) is 34.6 Å². The normalized spacial score (nSPS) is 15.1. The number of carboxylic acid groups (broad SMARTS) is 3. The van der Waals surface area contributed by atoms with Gasteiger partial charge in [-0.1, -0.05) is 44.2 Å². The summed E-state index contributed by atoms with van der Waals surface area (Å²) in [5, 5.41) is 119. The molecule has 52 nitrogen and oxygen atoms in total. The summed E-state index contributed by atoms with van der Waals surface area (Å²) in [6, 6.07) is -14.3. The van der Waals surface area contributed by atoms with E-state index in [1.54, 1.807) is 44.2 Å². The predicted molar refractivity (Wildman–Crippen MR) is 451 cm³/mol. The first-order valence-electron chi connectivity index (χ1n) is 41.4. The van der Waals surface area contributed by atoms with Gasteiger partial charge in [-0.15, -0.1) is 0 Å². The van der Waals surface area contributed by atoms with Gasteiger partial charge in [0.2, 0.25) is 100 Å². The molecule has 52 heteroatoms. The molecule has 17 amide bonds. The van der Waals surface area contributed by atoms with Crippen LogP contribution in [0, 0.1) is 16.7 Å². The molecule has 1 aromatic rings. The molecule has 1 aliphatic rings. The van der Waals surface area contributed by atoms with Crippen molar-refractivity contribution in [3.63, 3.8) is 0 Å². The first-order valence-corrected chi connectivity index (χ1v) is 41.4. The molecule has 0 aliphatic carbocycles. The summed E-state index contributed by atoms with van der Waals surface area (Å²) in [5.74, 6) is -23.9. The van der Waals surface area contributed by atoms with Crippen molar-refractivity contribution in [1.29, 1.82) is 10.8 Å². The number of primary amides is 1. The molecule has 0 bridgehead atoms. The third-order valence-corrected chi connectivity index (χ3v) is 19.1. The highest BCUT2D eigenvalue weighted by Crippen LogP contribution is 2.14. The molecule has 0 saturated carbocycles. The van der Waals surface area contributed by atoms with Gasteiger partial charge in [0.15, 0.2) is 11.9 Å². The van der Waals surface area contributed by atoms with Crippen LogP contribution < -0.4 is 130 Å². The first kappa shape index (κ1) is 111. The molecule has 0 unspecified atom stereocenters. The number of hydrogen-bond donors (Lipinski definition) is 32. The number of aliphatic hydroxyl groups excluding tert-OH is 3. The maximum absolute atomic E-state index is 14.6. The zero-order valence-electron chi connectivity index (χ0n) is 71.5. The number of carboxylic acids is 3. The van der Waals surface area contributed by atoms with Gasteiger partial charge < -0.3 is 160 Å². The monoisotopic (exact) mass is 1820 g/mol. The molecule has 2 rings (SSSR count). The average molecular weight is 1820 g/mol. The Morgan fingerprint density at radius 3 is 1.18 bits per heavy atom. The van der Waals surface area contributed by atoms with E-state index in [2.05, 4.69) is 101 Å². The van der Waals surface area contributed by atoms with E-state index >= 15 is 0 Å². The molecule has 0 radical (unpaired) electrons. The van der Waals surface area contributed by atoms with Crippen LogP contribution in [0.2, 0.25) is 0 Å². The van der Waals surface area contributed by atoms with E-state index < -0.39 is 286 Å². The largest absolute Gasteiger partial charge is 0.481 e. The second-order valence-corrected chi connectivity index (χ2v) is 30.2. The number of nitrogens with two attached hydrogens (primary N) is 5. The van der Waals surface area contributed by atoms with Gasteiger partial charge in [-0.05, 0) is 134 Å². The van der Waals surface area contributed by atoms with Crippen LogP contribution in [-0.4, -0.2) is 318 Å². The summed E-state index contributed by atoms with van der Waals surface area (Å²) in [5.41, 5.74) is 28.2. The van der Waals surface area contributed by atoms with Crippen molar-refractivity contribution in [1.82, 2.24) is 101 Å². The molecular formula is C76H126N26O26. The predicted octanol–water partition coefficient (Wildman–Crippen LogP) is -12.9. The van der Waals surface area contributed by atoms with E-state index in [0.717, 1.165) is 0 Å². The second kappa shape index (κ2) is 60.5. The highest BCUT2D eigenvalue weighted by atomic mass is 16.4. The van der Waals surface area contributed by atoms with Crippen molar-refractivity contribution in [3.8, 4) is 0 Å².